The quantitative estimate of drug-likeness (QED) is 0.849. The molecule has 8 heteroatoms. The van der Waals surface area contributed by atoms with Crippen LogP contribution in [0.1, 0.15) is 25.8 Å². The number of anilines is 1. The van der Waals surface area contributed by atoms with Gasteiger partial charge >= 0.3 is 6.03 Å². The first-order valence-corrected chi connectivity index (χ1v) is 8.09. The summed E-state index contributed by atoms with van der Waals surface area (Å²) in [5.74, 6) is -0.991. The van der Waals surface area contributed by atoms with Gasteiger partial charge in [-0.25, -0.2) is 9.18 Å². The van der Waals surface area contributed by atoms with Crippen LogP contribution < -0.4 is 5.32 Å². The monoisotopic (exact) mass is 336 g/mol. The van der Waals surface area contributed by atoms with E-state index >= 15 is 0 Å². The predicted molar refractivity (Wildman–Crippen MR) is 84.6 cm³/mol. The van der Waals surface area contributed by atoms with Gasteiger partial charge in [0.15, 0.2) is 0 Å². The SMILES string of the molecule is CCC(C)C1C(=O)Nc2cncc(F)c2CN1C(=O)N1CC(O)C1. The minimum atomic E-state index is -0.702. The summed E-state index contributed by atoms with van der Waals surface area (Å²) >= 11 is 0. The Hall–Kier alpha value is -2.22. The molecule has 3 amide bonds. The molecule has 0 aliphatic carbocycles. The van der Waals surface area contributed by atoms with E-state index in [2.05, 4.69) is 10.3 Å². The number of urea groups is 1. The van der Waals surface area contributed by atoms with Crippen LogP contribution in [0.3, 0.4) is 0 Å². The fourth-order valence-electron chi connectivity index (χ4n) is 3.12. The highest BCUT2D eigenvalue weighted by atomic mass is 19.1. The molecular weight excluding hydrogens is 315 g/mol. The smallest absolute Gasteiger partial charge is 0.321 e. The highest BCUT2D eigenvalue weighted by molar-refractivity contribution is 5.98. The van der Waals surface area contributed by atoms with Gasteiger partial charge in [-0.15, -0.1) is 0 Å². The van der Waals surface area contributed by atoms with Crippen molar-refractivity contribution in [3.8, 4) is 0 Å². The Morgan fingerprint density at radius 1 is 1.50 bits per heavy atom. The minimum Gasteiger partial charge on any atom is -0.389 e. The summed E-state index contributed by atoms with van der Waals surface area (Å²) in [6, 6.07) is -1.06. The topological polar surface area (TPSA) is 85.8 Å². The van der Waals surface area contributed by atoms with Crippen LogP contribution in [0, 0.1) is 11.7 Å². The Morgan fingerprint density at radius 2 is 2.21 bits per heavy atom. The summed E-state index contributed by atoms with van der Waals surface area (Å²) in [5, 5.41) is 12.1. The van der Waals surface area contributed by atoms with Gasteiger partial charge in [-0.05, 0) is 5.92 Å². The average Bonchev–Trinajstić information content (AvgIpc) is 2.67. The fourth-order valence-corrected chi connectivity index (χ4v) is 3.12. The van der Waals surface area contributed by atoms with Gasteiger partial charge in [0.25, 0.3) is 0 Å². The largest absolute Gasteiger partial charge is 0.389 e. The maximum atomic E-state index is 14.2. The van der Waals surface area contributed by atoms with Gasteiger partial charge in [-0.1, -0.05) is 20.3 Å². The molecule has 1 aromatic heterocycles. The van der Waals surface area contributed by atoms with Crippen LogP contribution in [-0.2, 0) is 11.3 Å². The van der Waals surface area contributed by atoms with Crippen LogP contribution in [0.25, 0.3) is 0 Å². The van der Waals surface area contributed by atoms with Gasteiger partial charge < -0.3 is 20.2 Å². The number of pyridine rings is 1. The molecule has 2 aliphatic heterocycles. The molecule has 7 nitrogen and oxygen atoms in total. The Balaban J connectivity index is 1.98. The van der Waals surface area contributed by atoms with Crippen molar-refractivity contribution >= 4 is 17.6 Å². The molecular formula is C16H21FN4O3. The van der Waals surface area contributed by atoms with E-state index in [-0.39, 0.29) is 43.1 Å². The zero-order valence-electron chi connectivity index (χ0n) is 13.7. The lowest BCUT2D eigenvalue weighted by Crippen LogP contribution is -2.61. The molecule has 0 saturated carbocycles. The first-order valence-electron chi connectivity index (χ1n) is 8.09. The molecule has 2 unspecified atom stereocenters. The summed E-state index contributed by atoms with van der Waals surface area (Å²) in [6.07, 6.45) is 2.63. The molecule has 2 aliphatic rings. The van der Waals surface area contributed by atoms with E-state index in [4.69, 9.17) is 0 Å². The number of carbonyl (C=O) groups excluding carboxylic acids is 2. The van der Waals surface area contributed by atoms with E-state index in [1.54, 1.807) is 0 Å². The number of hydrogen-bond donors (Lipinski definition) is 2. The fraction of sp³-hybridized carbons (Fsp3) is 0.562. The van der Waals surface area contributed by atoms with Crippen LogP contribution in [0.2, 0.25) is 0 Å². The number of hydrogen-bond acceptors (Lipinski definition) is 4. The highest BCUT2D eigenvalue weighted by Gasteiger charge is 2.41. The molecule has 0 radical (unpaired) electrons. The van der Waals surface area contributed by atoms with Gasteiger partial charge in [0.2, 0.25) is 5.91 Å². The summed E-state index contributed by atoms with van der Waals surface area (Å²) in [6.45, 7) is 4.28. The van der Waals surface area contributed by atoms with Crippen molar-refractivity contribution in [1.29, 1.82) is 0 Å². The molecule has 3 heterocycles. The Bertz CT molecular complexity index is 663. The van der Waals surface area contributed by atoms with E-state index < -0.39 is 18.0 Å². The number of fused-ring (bicyclic) bond motifs is 1. The molecule has 0 spiro atoms. The molecule has 24 heavy (non-hydrogen) atoms. The van der Waals surface area contributed by atoms with Crippen molar-refractivity contribution in [3.63, 3.8) is 0 Å². The molecule has 3 rings (SSSR count). The van der Waals surface area contributed by atoms with Gasteiger partial charge in [-0.3, -0.25) is 9.78 Å². The average molecular weight is 336 g/mol. The molecule has 130 valence electrons. The number of likely N-dealkylation sites (tertiary alicyclic amines) is 1. The first-order chi connectivity index (χ1) is 11.4. The van der Waals surface area contributed by atoms with Crippen LogP contribution >= 0.6 is 0 Å². The van der Waals surface area contributed by atoms with Gasteiger partial charge in [0.1, 0.15) is 11.9 Å². The molecule has 2 N–H and O–H groups in total. The lowest BCUT2D eigenvalue weighted by molar-refractivity contribution is -0.122. The lowest BCUT2D eigenvalue weighted by atomic mass is 9.96. The van der Waals surface area contributed by atoms with Crippen molar-refractivity contribution in [2.45, 2.75) is 39.0 Å². The second kappa shape index (κ2) is 6.35. The molecule has 2 atom stereocenters. The summed E-state index contributed by atoms with van der Waals surface area (Å²) in [4.78, 5) is 32.1. The number of carbonyl (C=O) groups is 2. The van der Waals surface area contributed by atoms with Gasteiger partial charge in [0.05, 0.1) is 43.8 Å². The third-order valence-electron chi connectivity index (χ3n) is 4.76. The molecule has 1 fully saturated rings. The maximum Gasteiger partial charge on any atom is 0.321 e. The summed E-state index contributed by atoms with van der Waals surface area (Å²) < 4.78 is 14.2. The van der Waals surface area contributed by atoms with Gasteiger partial charge in [-0.2, -0.15) is 0 Å². The van der Waals surface area contributed by atoms with Crippen LogP contribution in [0.5, 0.6) is 0 Å². The Labute approximate surface area is 139 Å². The normalized spacial score (nSPS) is 22.3. The number of halogens is 1. The standard InChI is InChI=1S/C16H21FN4O3/c1-3-9(2)14-15(23)19-13-5-18-4-12(17)11(13)8-21(14)16(24)20-6-10(22)7-20/h4-5,9-10,14,22H,3,6-8H2,1-2H3,(H,19,23). The second-order valence-corrected chi connectivity index (χ2v) is 6.44. The van der Waals surface area contributed by atoms with E-state index in [1.807, 2.05) is 13.8 Å². The first kappa shape index (κ1) is 16.6. The molecule has 0 aromatic carbocycles. The van der Waals surface area contributed by atoms with E-state index in [0.29, 0.717) is 12.1 Å². The molecule has 1 saturated heterocycles. The number of aliphatic hydroxyl groups is 1. The predicted octanol–water partition coefficient (Wildman–Crippen LogP) is 1.19. The number of aromatic nitrogens is 1. The van der Waals surface area contributed by atoms with Crippen molar-refractivity contribution in [1.82, 2.24) is 14.8 Å². The van der Waals surface area contributed by atoms with E-state index in [0.717, 1.165) is 6.20 Å². The minimum absolute atomic E-state index is 0.0110. The third kappa shape index (κ3) is 2.82. The van der Waals surface area contributed by atoms with Crippen LogP contribution in [0.4, 0.5) is 14.9 Å². The number of rotatable bonds is 2. The number of aliphatic hydroxyl groups excluding tert-OH is 1. The second-order valence-electron chi connectivity index (χ2n) is 6.44. The molecule has 1 aromatic rings. The number of β-amino-alcohol motifs (C(OH)–C–C–N with tert-alkyl or cyclic N) is 1. The maximum absolute atomic E-state index is 14.2. The summed E-state index contributed by atoms with van der Waals surface area (Å²) in [5.41, 5.74) is 0.547. The van der Waals surface area contributed by atoms with E-state index in [1.165, 1.54) is 16.0 Å². The number of amides is 3. The zero-order valence-corrected chi connectivity index (χ0v) is 13.7. The Morgan fingerprint density at radius 3 is 2.83 bits per heavy atom. The van der Waals surface area contributed by atoms with Crippen molar-refractivity contribution < 1.29 is 19.1 Å². The van der Waals surface area contributed by atoms with Crippen molar-refractivity contribution in [3.05, 3.63) is 23.8 Å². The number of nitrogens with one attached hydrogen (secondary N) is 1. The molecule has 0 bridgehead atoms. The van der Waals surface area contributed by atoms with Crippen molar-refractivity contribution in [2.75, 3.05) is 18.4 Å². The third-order valence-corrected chi connectivity index (χ3v) is 4.76. The van der Waals surface area contributed by atoms with E-state index in [9.17, 15) is 19.1 Å². The van der Waals surface area contributed by atoms with Crippen LogP contribution in [0.15, 0.2) is 12.4 Å². The summed E-state index contributed by atoms with van der Waals surface area (Å²) in [7, 11) is 0. The zero-order chi connectivity index (χ0) is 17.4. The van der Waals surface area contributed by atoms with Gasteiger partial charge in [0, 0.05) is 5.56 Å². The Kier molecular flexibility index (Phi) is 4.40. The highest BCUT2D eigenvalue weighted by Crippen LogP contribution is 2.29. The van der Waals surface area contributed by atoms with Crippen LogP contribution in [-0.4, -0.2) is 57.1 Å². The number of nitrogens with zero attached hydrogens (tertiary/aromatic N) is 3. The lowest BCUT2D eigenvalue weighted by Gasteiger charge is -2.42. The van der Waals surface area contributed by atoms with Crippen molar-refractivity contribution in [2.24, 2.45) is 5.92 Å².